The summed E-state index contributed by atoms with van der Waals surface area (Å²) < 4.78 is 1.74. The van der Waals surface area contributed by atoms with Crippen LogP contribution in [0, 0.1) is 6.92 Å². The van der Waals surface area contributed by atoms with Crippen molar-refractivity contribution in [3.8, 4) is 0 Å². The highest BCUT2D eigenvalue weighted by atomic mass is 16.4. The number of hydrogen-bond acceptors (Lipinski definition) is 3. The summed E-state index contributed by atoms with van der Waals surface area (Å²) in [4.78, 5) is 23.8. The van der Waals surface area contributed by atoms with E-state index in [1.807, 2.05) is 44.2 Å². The second kappa shape index (κ2) is 7.09. The largest absolute Gasteiger partial charge is 0.480 e. The van der Waals surface area contributed by atoms with Crippen molar-refractivity contribution in [2.45, 2.75) is 39.3 Å². The molecule has 2 aromatic rings. The van der Waals surface area contributed by atoms with Crippen molar-refractivity contribution in [1.29, 1.82) is 0 Å². The van der Waals surface area contributed by atoms with E-state index < -0.39 is 17.9 Å². The van der Waals surface area contributed by atoms with Crippen molar-refractivity contribution < 1.29 is 14.7 Å². The van der Waals surface area contributed by atoms with Gasteiger partial charge in [0.2, 0.25) is 0 Å². The van der Waals surface area contributed by atoms with E-state index in [0.717, 1.165) is 11.3 Å². The lowest BCUT2D eigenvalue weighted by atomic mass is 10.1. The number of nitrogens with one attached hydrogen (secondary N) is 1. The van der Waals surface area contributed by atoms with Gasteiger partial charge in [-0.3, -0.25) is 9.48 Å². The Morgan fingerprint density at radius 3 is 2.43 bits per heavy atom. The zero-order chi connectivity index (χ0) is 17.0. The topological polar surface area (TPSA) is 84.2 Å². The van der Waals surface area contributed by atoms with Gasteiger partial charge in [-0.25, -0.2) is 4.79 Å². The van der Waals surface area contributed by atoms with Gasteiger partial charge in [-0.15, -0.1) is 0 Å². The van der Waals surface area contributed by atoms with Crippen LogP contribution in [0.25, 0.3) is 0 Å². The van der Waals surface area contributed by atoms with Crippen molar-refractivity contribution in [1.82, 2.24) is 15.1 Å². The maximum atomic E-state index is 12.4. The molecule has 6 nitrogen and oxygen atoms in total. The molecule has 1 heterocycles. The average molecular weight is 315 g/mol. The molecule has 23 heavy (non-hydrogen) atoms. The Labute approximate surface area is 135 Å². The molecule has 1 atom stereocenters. The number of aromatic nitrogens is 2. The molecule has 0 fully saturated rings. The molecule has 0 radical (unpaired) electrons. The van der Waals surface area contributed by atoms with E-state index in [2.05, 4.69) is 10.4 Å². The molecule has 122 valence electrons. The maximum Gasteiger partial charge on any atom is 0.326 e. The van der Waals surface area contributed by atoms with Gasteiger partial charge < -0.3 is 10.4 Å². The van der Waals surface area contributed by atoms with E-state index in [1.165, 1.54) is 6.20 Å². The van der Waals surface area contributed by atoms with Crippen LogP contribution in [0.1, 0.15) is 41.5 Å². The summed E-state index contributed by atoms with van der Waals surface area (Å²) in [7, 11) is 0. The molecular formula is C17H21N3O3. The highest BCUT2D eigenvalue weighted by Crippen LogP contribution is 2.13. The highest BCUT2D eigenvalue weighted by molar-refractivity contribution is 5.97. The fourth-order valence-electron chi connectivity index (χ4n) is 2.45. The Bertz CT molecular complexity index is 692. The first-order valence-corrected chi connectivity index (χ1v) is 7.52. The monoisotopic (exact) mass is 315 g/mol. The van der Waals surface area contributed by atoms with Gasteiger partial charge >= 0.3 is 5.97 Å². The Balaban J connectivity index is 2.14. The Kier molecular flexibility index (Phi) is 5.16. The fraction of sp³-hybridized carbons (Fsp3) is 0.353. The van der Waals surface area contributed by atoms with Crippen LogP contribution in [-0.2, 0) is 11.2 Å². The molecule has 6 heteroatoms. The van der Waals surface area contributed by atoms with Crippen LogP contribution in [0.3, 0.4) is 0 Å². The van der Waals surface area contributed by atoms with Crippen molar-refractivity contribution in [2.75, 3.05) is 0 Å². The minimum absolute atomic E-state index is 0.135. The molecule has 0 aliphatic carbocycles. The second-order valence-electron chi connectivity index (χ2n) is 5.74. The van der Waals surface area contributed by atoms with Gasteiger partial charge in [0.25, 0.3) is 5.91 Å². The number of amides is 1. The normalized spacial score (nSPS) is 12.2. The molecular weight excluding hydrogens is 294 g/mol. The Morgan fingerprint density at radius 1 is 1.26 bits per heavy atom. The number of benzene rings is 1. The van der Waals surface area contributed by atoms with E-state index in [-0.39, 0.29) is 12.5 Å². The van der Waals surface area contributed by atoms with Crippen LogP contribution in [0.5, 0.6) is 0 Å². The average Bonchev–Trinajstić information content (AvgIpc) is 2.89. The molecule has 0 saturated carbocycles. The number of nitrogens with zero attached hydrogens (tertiary/aromatic N) is 2. The number of aliphatic carboxylic acids is 1. The van der Waals surface area contributed by atoms with Crippen LogP contribution >= 0.6 is 0 Å². The lowest BCUT2D eigenvalue weighted by Crippen LogP contribution is -2.42. The molecule has 1 aromatic heterocycles. The molecule has 0 unspecified atom stereocenters. The summed E-state index contributed by atoms with van der Waals surface area (Å²) in [6.07, 6.45) is 1.71. The molecule has 0 spiro atoms. The fourth-order valence-corrected chi connectivity index (χ4v) is 2.45. The van der Waals surface area contributed by atoms with Gasteiger partial charge in [0, 0.05) is 18.2 Å². The van der Waals surface area contributed by atoms with Crippen molar-refractivity contribution in [3.63, 3.8) is 0 Å². The molecule has 0 aliphatic heterocycles. The third-order valence-corrected chi connectivity index (χ3v) is 3.66. The van der Waals surface area contributed by atoms with Gasteiger partial charge in [0.05, 0.1) is 11.8 Å². The predicted octanol–water partition coefficient (Wildman–Crippen LogP) is 2.20. The van der Waals surface area contributed by atoms with Crippen LogP contribution in [0.4, 0.5) is 0 Å². The number of rotatable bonds is 6. The number of hydrogen-bond donors (Lipinski definition) is 2. The third-order valence-electron chi connectivity index (χ3n) is 3.66. The predicted molar refractivity (Wildman–Crippen MR) is 86.4 cm³/mol. The van der Waals surface area contributed by atoms with Crippen LogP contribution in [0.15, 0.2) is 36.5 Å². The van der Waals surface area contributed by atoms with E-state index in [1.54, 1.807) is 11.6 Å². The number of carboxylic acids is 1. The lowest BCUT2D eigenvalue weighted by molar-refractivity contribution is -0.139. The molecule has 0 aliphatic rings. The van der Waals surface area contributed by atoms with Gasteiger partial charge in [0.15, 0.2) is 0 Å². The minimum atomic E-state index is -1.06. The molecule has 0 saturated heterocycles. The van der Waals surface area contributed by atoms with Crippen LogP contribution in [-0.4, -0.2) is 32.8 Å². The summed E-state index contributed by atoms with van der Waals surface area (Å²) >= 11 is 0. The highest BCUT2D eigenvalue weighted by Gasteiger charge is 2.23. The smallest absolute Gasteiger partial charge is 0.326 e. The van der Waals surface area contributed by atoms with Crippen molar-refractivity contribution >= 4 is 11.9 Å². The Morgan fingerprint density at radius 2 is 1.91 bits per heavy atom. The summed E-state index contributed by atoms with van der Waals surface area (Å²) in [5.41, 5.74) is 1.98. The number of carbonyl (C=O) groups excluding carboxylic acids is 1. The zero-order valence-electron chi connectivity index (χ0n) is 13.5. The van der Waals surface area contributed by atoms with E-state index in [9.17, 15) is 14.7 Å². The summed E-state index contributed by atoms with van der Waals surface area (Å²) in [6, 6.07) is 8.37. The summed E-state index contributed by atoms with van der Waals surface area (Å²) in [6.45, 7) is 5.74. The van der Waals surface area contributed by atoms with Crippen molar-refractivity contribution in [2.24, 2.45) is 0 Å². The molecule has 1 amide bonds. The summed E-state index contributed by atoms with van der Waals surface area (Å²) in [5, 5.41) is 16.1. The maximum absolute atomic E-state index is 12.4. The number of carboxylic acid groups (broad SMARTS) is 1. The third kappa shape index (κ3) is 3.97. The second-order valence-corrected chi connectivity index (χ2v) is 5.74. The molecule has 2 rings (SSSR count). The van der Waals surface area contributed by atoms with E-state index in [4.69, 9.17) is 0 Å². The van der Waals surface area contributed by atoms with Gasteiger partial charge in [0.1, 0.15) is 6.04 Å². The first-order chi connectivity index (χ1) is 10.9. The van der Waals surface area contributed by atoms with E-state index >= 15 is 0 Å². The van der Waals surface area contributed by atoms with Crippen LogP contribution in [0.2, 0.25) is 0 Å². The van der Waals surface area contributed by atoms with Crippen molar-refractivity contribution in [3.05, 3.63) is 53.3 Å². The summed E-state index contributed by atoms with van der Waals surface area (Å²) in [5.74, 6) is -1.48. The minimum Gasteiger partial charge on any atom is -0.480 e. The number of carbonyl (C=O) groups is 2. The lowest BCUT2D eigenvalue weighted by Gasteiger charge is -2.15. The molecule has 1 aromatic carbocycles. The molecule has 2 N–H and O–H groups in total. The Hall–Kier alpha value is -2.63. The van der Waals surface area contributed by atoms with Gasteiger partial charge in [-0.2, -0.15) is 5.10 Å². The standard InChI is InChI=1S/C17H21N3O3/c1-11(2)20-12(3)14(10-18-20)16(21)19-15(17(22)23)9-13-7-5-4-6-8-13/h4-8,10-11,15H,9H2,1-3H3,(H,19,21)(H,22,23)/t15-/m1/s1. The van der Waals surface area contributed by atoms with E-state index in [0.29, 0.717) is 5.56 Å². The first kappa shape index (κ1) is 16.7. The zero-order valence-corrected chi connectivity index (χ0v) is 13.5. The van der Waals surface area contributed by atoms with Crippen LogP contribution < -0.4 is 5.32 Å². The van der Waals surface area contributed by atoms with Gasteiger partial charge in [-0.05, 0) is 26.3 Å². The quantitative estimate of drug-likeness (QED) is 0.856. The molecule has 0 bridgehead atoms. The van der Waals surface area contributed by atoms with Gasteiger partial charge in [-0.1, -0.05) is 30.3 Å². The SMILES string of the molecule is Cc1c(C(=O)N[C@H](Cc2ccccc2)C(=O)O)cnn1C(C)C. The first-order valence-electron chi connectivity index (χ1n) is 7.52.